The van der Waals surface area contributed by atoms with E-state index in [4.69, 9.17) is 4.74 Å². The fraction of sp³-hybridized carbons (Fsp3) is 0.250. The number of thioether (sulfide) groups is 1. The highest BCUT2D eigenvalue weighted by Gasteiger charge is 2.33. The smallest absolute Gasteiger partial charge is 0.416 e. The van der Waals surface area contributed by atoms with Crippen LogP contribution in [0.2, 0.25) is 0 Å². The Bertz CT molecular complexity index is 977. The molecule has 1 aliphatic heterocycles. The highest BCUT2D eigenvalue weighted by Crippen LogP contribution is 2.30. The van der Waals surface area contributed by atoms with Gasteiger partial charge in [-0.25, -0.2) is 0 Å². The van der Waals surface area contributed by atoms with Crippen molar-refractivity contribution in [2.75, 3.05) is 7.11 Å². The minimum Gasteiger partial charge on any atom is -0.496 e. The molecule has 1 aliphatic rings. The predicted octanol–water partition coefficient (Wildman–Crippen LogP) is 3.54. The molecule has 1 saturated heterocycles. The summed E-state index contributed by atoms with van der Waals surface area (Å²) in [6.07, 6.45) is -4.29. The molecule has 30 heavy (non-hydrogen) atoms. The quantitative estimate of drug-likeness (QED) is 0.721. The second-order valence-electron chi connectivity index (χ2n) is 6.46. The van der Waals surface area contributed by atoms with Gasteiger partial charge < -0.3 is 10.1 Å². The topological polar surface area (TPSA) is 84.5 Å². The Labute approximate surface area is 174 Å². The van der Waals surface area contributed by atoms with Crippen LogP contribution < -0.4 is 15.4 Å². The average molecular weight is 438 g/mol. The summed E-state index contributed by atoms with van der Waals surface area (Å²) >= 11 is 0.852. The van der Waals surface area contributed by atoms with Gasteiger partial charge in [-0.3, -0.25) is 19.7 Å². The van der Waals surface area contributed by atoms with E-state index < -0.39 is 34.0 Å². The van der Waals surface area contributed by atoms with Gasteiger partial charge in [-0.05, 0) is 35.7 Å². The number of benzene rings is 2. The monoisotopic (exact) mass is 438 g/mol. The van der Waals surface area contributed by atoms with Crippen LogP contribution in [0.25, 0.3) is 0 Å². The number of carbonyl (C=O) groups is 3. The van der Waals surface area contributed by atoms with Crippen molar-refractivity contribution in [3.63, 3.8) is 0 Å². The molecule has 1 heterocycles. The van der Waals surface area contributed by atoms with Crippen molar-refractivity contribution in [1.29, 1.82) is 0 Å². The molecule has 0 radical (unpaired) electrons. The fourth-order valence-corrected chi connectivity index (χ4v) is 3.83. The lowest BCUT2D eigenvalue weighted by Gasteiger charge is -2.15. The molecule has 0 spiro atoms. The minimum absolute atomic E-state index is 0.00557. The number of ether oxygens (including phenoxy) is 1. The summed E-state index contributed by atoms with van der Waals surface area (Å²) in [5.74, 6) is -0.645. The third kappa shape index (κ3) is 4.93. The zero-order valence-corrected chi connectivity index (χ0v) is 16.5. The first kappa shape index (κ1) is 21.7. The van der Waals surface area contributed by atoms with Crippen molar-refractivity contribution in [2.45, 2.75) is 24.4 Å². The van der Waals surface area contributed by atoms with Crippen LogP contribution >= 0.6 is 11.8 Å². The molecule has 2 N–H and O–H groups in total. The summed E-state index contributed by atoms with van der Waals surface area (Å²) in [6.45, 7) is 0.00557. The number of halogens is 3. The van der Waals surface area contributed by atoms with Gasteiger partial charge in [0.25, 0.3) is 11.1 Å². The lowest BCUT2D eigenvalue weighted by Crippen LogP contribution is -2.28. The van der Waals surface area contributed by atoms with E-state index in [0.717, 1.165) is 23.9 Å². The van der Waals surface area contributed by atoms with E-state index >= 15 is 0 Å². The molecule has 0 saturated carbocycles. The SMILES string of the molecule is COc1cccc(CC2SC(=O)NC2=O)c1C(=O)NCc1ccc(C(F)(F)F)cc1. The van der Waals surface area contributed by atoms with Crippen LogP contribution in [0, 0.1) is 0 Å². The molecule has 2 aromatic rings. The maximum absolute atomic E-state index is 12.8. The Morgan fingerprint density at radius 3 is 2.43 bits per heavy atom. The summed E-state index contributed by atoms with van der Waals surface area (Å²) < 4.78 is 43.3. The van der Waals surface area contributed by atoms with E-state index in [1.165, 1.54) is 19.2 Å². The van der Waals surface area contributed by atoms with Crippen LogP contribution in [-0.4, -0.2) is 29.4 Å². The number of nitrogens with one attached hydrogen (secondary N) is 2. The molecule has 2 aromatic carbocycles. The number of hydrogen-bond donors (Lipinski definition) is 2. The molecule has 158 valence electrons. The molecular weight excluding hydrogens is 421 g/mol. The molecule has 0 aromatic heterocycles. The van der Waals surface area contributed by atoms with Crippen LogP contribution in [0.5, 0.6) is 5.75 Å². The highest BCUT2D eigenvalue weighted by atomic mass is 32.2. The Morgan fingerprint density at radius 2 is 1.87 bits per heavy atom. The number of imide groups is 1. The summed E-state index contributed by atoms with van der Waals surface area (Å²) in [5, 5.41) is 3.75. The third-order valence-electron chi connectivity index (χ3n) is 4.47. The minimum atomic E-state index is -4.43. The third-order valence-corrected chi connectivity index (χ3v) is 5.45. The van der Waals surface area contributed by atoms with Crippen molar-refractivity contribution in [3.8, 4) is 5.75 Å². The van der Waals surface area contributed by atoms with Crippen molar-refractivity contribution in [3.05, 3.63) is 64.7 Å². The van der Waals surface area contributed by atoms with Gasteiger partial charge in [0.1, 0.15) is 5.75 Å². The van der Waals surface area contributed by atoms with E-state index in [1.54, 1.807) is 18.2 Å². The van der Waals surface area contributed by atoms with E-state index in [9.17, 15) is 27.6 Å². The van der Waals surface area contributed by atoms with E-state index in [2.05, 4.69) is 10.6 Å². The van der Waals surface area contributed by atoms with Crippen molar-refractivity contribution in [1.82, 2.24) is 10.6 Å². The maximum Gasteiger partial charge on any atom is 0.416 e. The predicted molar refractivity (Wildman–Crippen MR) is 104 cm³/mol. The maximum atomic E-state index is 12.8. The number of methoxy groups -OCH3 is 1. The Kier molecular flexibility index (Phi) is 6.35. The van der Waals surface area contributed by atoms with Crippen LogP contribution in [0.15, 0.2) is 42.5 Å². The fourth-order valence-electron chi connectivity index (χ4n) is 2.98. The van der Waals surface area contributed by atoms with E-state index in [-0.39, 0.29) is 24.3 Å². The van der Waals surface area contributed by atoms with E-state index in [1.807, 2.05) is 0 Å². The number of alkyl halides is 3. The second kappa shape index (κ2) is 8.78. The highest BCUT2D eigenvalue weighted by molar-refractivity contribution is 8.15. The molecule has 1 unspecified atom stereocenters. The van der Waals surface area contributed by atoms with Crippen LogP contribution in [0.1, 0.15) is 27.0 Å². The van der Waals surface area contributed by atoms with Gasteiger partial charge in [-0.2, -0.15) is 13.2 Å². The van der Waals surface area contributed by atoms with Crippen molar-refractivity contribution < 1.29 is 32.3 Å². The summed E-state index contributed by atoms with van der Waals surface area (Å²) in [5.41, 5.74) is 0.442. The summed E-state index contributed by atoms with van der Waals surface area (Å²) in [7, 11) is 1.40. The number of hydrogen-bond acceptors (Lipinski definition) is 5. The van der Waals surface area contributed by atoms with Gasteiger partial charge in [0, 0.05) is 6.54 Å². The van der Waals surface area contributed by atoms with Crippen LogP contribution in [0.4, 0.5) is 18.0 Å². The summed E-state index contributed by atoms with van der Waals surface area (Å²) in [4.78, 5) is 36.1. The van der Waals surface area contributed by atoms with Gasteiger partial charge in [0.05, 0.1) is 23.5 Å². The average Bonchev–Trinajstić information content (AvgIpc) is 3.02. The van der Waals surface area contributed by atoms with Crippen molar-refractivity contribution >= 4 is 28.8 Å². The summed E-state index contributed by atoms with van der Waals surface area (Å²) in [6, 6.07) is 9.39. The van der Waals surface area contributed by atoms with Gasteiger partial charge >= 0.3 is 6.18 Å². The number of amides is 3. The number of rotatable bonds is 6. The second-order valence-corrected chi connectivity index (χ2v) is 7.63. The Morgan fingerprint density at radius 1 is 1.17 bits per heavy atom. The van der Waals surface area contributed by atoms with Crippen molar-refractivity contribution in [2.24, 2.45) is 0 Å². The zero-order chi connectivity index (χ0) is 21.9. The van der Waals surface area contributed by atoms with E-state index in [0.29, 0.717) is 11.1 Å². The van der Waals surface area contributed by atoms with Gasteiger partial charge in [0.15, 0.2) is 0 Å². The van der Waals surface area contributed by atoms with Crippen LogP contribution in [-0.2, 0) is 23.9 Å². The molecule has 6 nitrogen and oxygen atoms in total. The molecule has 1 atom stereocenters. The lowest BCUT2D eigenvalue weighted by molar-refractivity contribution is -0.137. The largest absolute Gasteiger partial charge is 0.496 e. The first-order valence-corrected chi connectivity index (χ1v) is 9.68. The molecule has 0 bridgehead atoms. The first-order chi connectivity index (χ1) is 14.2. The Hall–Kier alpha value is -3.01. The lowest BCUT2D eigenvalue weighted by atomic mass is 10.0. The van der Waals surface area contributed by atoms with Gasteiger partial charge in [-0.1, -0.05) is 36.0 Å². The molecule has 3 amide bonds. The molecule has 1 fully saturated rings. The van der Waals surface area contributed by atoms with Crippen LogP contribution in [0.3, 0.4) is 0 Å². The molecule has 3 rings (SSSR count). The number of carbonyl (C=O) groups excluding carboxylic acids is 3. The molecule has 0 aliphatic carbocycles. The van der Waals surface area contributed by atoms with Gasteiger partial charge in [0.2, 0.25) is 5.91 Å². The van der Waals surface area contributed by atoms with Gasteiger partial charge in [-0.15, -0.1) is 0 Å². The zero-order valence-electron chi connectivity index (χ0n) is 15.7. The standard InChI is InChI=1S/C20H17F3N2O4S/c1-29-14-4-2-3-12(9-15-17(26)25-19(28)30-15)16(14)18(27)24-10-11-5-7-13(8-6-11)20(21,22)23/h2-8,15H,9-10H2,1H3,(H,24,27)(H,25,26,28). The Balaban J connectivity index is 1.76. The molecular formula is C20H17F3N2O4S. The first-order valence-electron chi connectivity index (χ1n) is 8.80. The molecule has 10 heteroatoms. The normalized spacial score (nSPS) is 16.3.